The molecule has 0 bridgehead atoms. The summed E-state index contributed by atoms with van der Waals surface area (Å²) in [4.78, 5) is 4.54. The Morgan fingerprint density at radius 1 is 0.650 bits per heavy atom. The third-order valence-electron chi connectivity index (χ3n) is 8.76. The normalized spacial score (nSPS) is 15.2. The molecule has 0 aromatic heterocycles. The monoisotopic (exact) mass is 532 g/mol. The highest BCUT2D eigenvalue weighted by molar-refractivity contribution is 5.57. The molecule has 0 N–H and O–H groups in total. The number of nitrogens with zero attached hydrogens (tertiary/aromatic N) is 2. The fourth-order valence-corrected chi connectivity index (χ4v) is 6.03. The van der Waals surface area contributed by atoms with Crippen LogP contribution in [0.5, 0.6) is 11.5 Å². The Morgan fingerprint density at radius 3 is 1.90 bits per heavy atom. The summed E-state index contributed by atoms with van der Waals surface area (Å²) in [6.45, 7) is 14.1. The molecule has 0 saturated heterocycles. The second kappa shape index (κ2) is 10.3. The van der Waals surface area contributed by atoms with Gasteiger partial charge in [0.2, 0.25) is 0 Å². The first-order chi connectivity index (χ1) is 19.2. The van der Waals surface area contributed by atoms with Gasteiger partial charge in [-0.2, -0.15) is 0 Å². The highest BCUT2D eigenvalue weighted by Crippen LogP contribution is 2.39. The minimum atomic E-state index is -0.145. The van der Waals surface area contributed by atoms with Crippen molar-refractivity contribution in [3.63, 3.8) is 0 Å². The summed E-state index contributed by atoms with van der Waals surface area (Å²) in [5, 5.41) is 0. The molecule has 0 atom stereocenters. The molecular formula is C36H40N2O2. The number of benzene rings is 4. The van der Waals surface area contributed by atoms with Gasteiger partial charge < -0.3 is 14.4 Å². The second-order valence-corrected chi connectivity index (χ2v) is 12.2. The van der Waals surface area contributed by atoms with E-state index in [4.69, 9.17) is 9.47 Å². The van der Waals surface area contributed by atoms with Crippen molar-refractivity contribution in [3.8, 4) is 11.5 Å². The van der Waals surface area contributed by atoms with E-state index in [0.717, 1.165) is 31.0 Å². The molecule has 0 aliphatic carbocycles. The summed E-state index contributed by atoms with van der Waals surface area (Å²) in [6.07, 6.45) is 0.950. The van der Waals surface area contributed by atoms with Gasteiger partial charge in [-0.25, -0.2) is 0 Å². The average molecular weight is 533 g/mol. The van der Waals surface area contributed by atoms with E-state index in [2.05, 4.69) is 124 Å². The number of hydrogen-bond donors (Lipinski definition) is 0. The summed E-state index contributed by atoms with van der Waals surface area (Å²) >= 11 is 0. The zero-order valence-corrected chi connectivity index (χ0v) is 24.7. The van der Waals surface area contributed by atoms with Gasteiger partial charge in [0.15, 0.2) is 6.73 Å². The zero-order chi connectivity index (χ0) is 28.0. The molecular weight excluding hydrogens is 492 g/mol. The number of rotatable bonds is 5. The first-order valence-corrected chi connectivity index (χ1v) is 14.3. The lowest BCUT2D eigenvalue weighted by Gasteiger charge is -2.34. The number of fused-ring (bicyclic) bond motifs is 2. The van der Waals surface area contributed by atoms with E-state index in [1.54, 1.807) is 0 Å². The smallest absolute Gasteiger partial charge is 0.161 e. The number of anilines is 1. The summed E-state index contributed by atoms with van der Waals surface area (Å²) in [6, 6.07) is 27.0. The van der Waals surface area contributed by atoms with Crippen molar-refractivity contribution in [2.75, 3.05) is 25.4 Å². The predicted molar refractivity (Wildman–Crippen MR) is 164 cm³/mol. The van der Waals surface area contributed by atoms with Gasteiger partial charge >= 0.3 is 0 Å². The van der Waals surface area contributed by atoms with Gasteiger partial charge in [0.1, 0.15) is 18.2 Å². The summed E-state index contributed by atoms with van der Waals surface area (Å²) in [7, 11) is 2.09. The van der Waals surface area contributed by atoms with Crippen LogP contribution in [0.4, 0.5) is 5.69 Å². The standard InChI is InChI=1S/C36H40N2O2/c1-24-7-8-27(15-25(24)2)17-28-9-12-33(26(3)16-28)38-21-30-19-32(11-14-35(30)40-23-38)36(4,5)31-10-13-34-29(18-31)20-37(6)22-39-34/h7-16,18-19H,17,20-23H2,1-6H3. The van der Waals surface area contributed by atoms with Gasteiger partial charge in [0, 0.05) is 35.3 Å². The first kappa shape index (κ1) is 26.5. The second-order valence-electron chi connectivity index (χ2n) is 12.2. The van der Waals surface area contributed by atoms with Crippen LogP contribution in [-0.2, 0) is 24.9 Å². The molecule has 4 aromatic carbocycles. The maximum Gasteiger partial charge on any atom is 0.161 e. The van der Waals surface area contributed by atoms with E-state index in [1.165, 1.54) is 55.8 Å². The van der Waals surface area contributed by atoms with Crippen LogP contribution in [-0.4, -0.2) is 25.4 Å². The van der Waals surface area contributed by atoms with Gasteiger partial charge in [-0.15, -0.1) is 0 Å². The summed E-state index contributed by atoms with van der Waals surface area (Å²) in [5.74, 6) is 1.99. The quantitative estimate of drug-likeness (QED) is 0.263. The first-order valence-electron chi connectivity index (χ1n) is 14.3. The highest BCUT2D eigenvalue weighted by Gasteiger charge is 2.28. The molecule has 0 spiro atoms. The molecule has 4 aromatic rings. The summed E-state index contributed by atoms with van der Waals surface area (Å²) in [5.41, 5.74) is 12.9. The molecule has 0 fully saturated rings. The van der Waals surface area contributed by atoms with Crippen molar-refractivity contribution in [2.24, 2.45) is 0 Å². The number of hydrogen-bond acceptors (Lipinski definition) is 4. The molecule has 0 radical (unpaired) electrons. The molecule has 4 nitrogen and oxygen atoms in total. The van der Waals surface area contributed by atoms with Gasteiger partial charge in [-0.3, -0.25) is 4.90 Å². The largest absolute Gasteiger partial charge is 0.478 e. The van der Waals surface area contributed by atoms with Crippen LogP contribution in [0.25, 0.3) is 0 Å². The maximum atomic E-state index is 6.26. The molecule has 2 aliphatic heterocycles. The average Bonchev–Trinajstić information content (AvgIpc) is 2.94. The van der Waals surface area contributed by atoms with Crippen LogP contribution in [0.1, 0.15) is 63.9 Å². The van der Waals surface area contributed by atoms with Crippen molar-refractivity contribution >= 4 is 5.69 Å². The van der Waals surface area contributed by atoms with Crippen LogP contribution in [0.2, 0.25) is 0 Å². The highest BCUT2D eigenvalue weighted by atomic mass is 16.5. The number of ether oxygens (including phenoxy) is 2. The lowest BCUT2D eigenvalue weighted by atomic mass is 9.77. The van der Waals surface area contributed by atoms with E-state index >= 15 is 0 Å². The minimum Gasteiger partial charge on any atom is -0.478 e. The Morgan fingerprint density at radius 2 is 1.25 bits per heavy atom. The fourth-order valence-electron chi connectivity index (χ4n) is 6.03. The molecule has 2 heterocycles. The van der Waals surface area contributed by atoms with Gasteiger partial charge in [0.25, 0.3) is 0 Å². The molecule has 0 unspecified atom stereocenters. The van der Waals surface area contributed by atoms with Gasteiger partial charge in [-0.1, -0.05) is 56.3 Å². The third-order valence-corrected chi connectivity index (χ3v) is 8.76. The predicted octanol–water partition coefficient (Wildman–Crippen LogP) is 7.67. The van der Waals surface area contributed by atoms with Crippen molar-refractivity contribution in [2.45, 2.75) is 59.5 Å². The lowest BCUT2D eigenvalue weighted by Crippen LogP contribution is -2.33. The van der Waals surface area contributed by atoms with E-state index in [0.29, 0.717) is 13.5 Å². The van der Waals surface area contributed by atoms with Crippen molar-refractivity contribution in [1.29, 1.82) is 0 Å². The maximum absolute atomic E-state index is 6.26. The zero-order valence-electron chi connectivity index (χ0n) is 24.7. The molecule has 0 saturated carbocycles. The Labute approximate surface area is 239 Å². The van der Waals surface area contributed by atoms with Crippen LogP contribution in [0, 0.1) is 20.8 Å². The van der Waals surface area contributed by atoms with E-state index in [9.17, 15) is 0 Å². The van der Waals surface area contributed by atoms with Crippen LogP contribution in [0.15, 0.2) is 72.8 Å². The van der Waals surface area contributed by atoms with E-state index < -0.39 is 0 Å². The van der Waals surface area contributed by atoms with E-state index in [1.807, 2.05) is 0 Å². The van der Waals surface area contributed by atoms with Crippen LogP contribution >= 0.6 is 0 Å². The molecule has 4 heteroatoms. The Bertz CT molecular complexity index is 1570. The van der Waals surface area contributed by atoms with Crippen molar-refractivity contribution < 1.29 is 9.47 Å². The molecule has 206 valence electrons. The number of aryl methyl sites for hydroxylation is 3. The third kappa shape index (κ3) is 5.09. The van der Waals surface area contributed by atoms with Crippen molar-refractivity contribution in [1.82, 2.24) is 4.90 Å². The Kier molecular flexibility index (Phi) is 6.83. The molecule has 2 aliphatic rings. The SMILES string of the molecule is Cc1ccc(Cc2ccc(N3COc4ccc(C(C)(C)c5ccc6c(c5)CN(C)CO6)cc4C3)c(C)c2)cc1C. The van der Waals surface area contributed by atoms with Crippen LogP contribution < -0.4 is 14.4 Å². The van der Waals surface area contributed by atoms with Gasteiger partial charge in [0.05, 0.1) is 0 Å². The molecule has 0 amide bonds. The molecule has 40 heavy (non-hydrogen) atoms. The topological polar surface area (TPSA) is 24.9 Å². The lowest BCUT2D eigenvalue weighted by molar-refractivity contribution is 0.121. The fraction of sp³-hybridized carbons (Fsp3) is 0.333. The van der Waals surface area contributed by atoms with E-state index in [-0.39, 0.29) is 5.41 Å². The Balaban J connectivity index is 1.22. The van der Waals surface area contributed by atoms with Crippen molar-refractivity contribution in [3.05, 3.63) is 123 Å². The minimum absolute atomic E-state index is 0.145. The summed E-state index contributed by atoms with van der Waals surface area (Å²) < 4.78 is 12.2. The van der Waals surface area contributed by atoms with Gasteiger partial charge in [-0.05, 0) is 104 Å². The molecule has 6 rings (SSSR count). The van der Waals surface area contributed by atoms with Crippen LogP contribution in [0.3, 0.4) is 0 Å². The Hall–Kier alpha value is -3.76.